The van der Waals surface area contributed by atoms with Crippen molar-refractivity contribution in [3.8, 4) is 22.6 Å². The van der Waals surface area contributed by atoms with E-state index in [-0.39, 0.29) is 11.5 Å². The summed E-state index contributed by atoms with van der Waals surface area (Å²) in [6.07, 6.45) is 4.61. The molecule has 0 bridgehead atoms. The van der Waals surface area contributed by atoms with E-state index in [2.05, 4.69) is 4.90 Å². The number of aromatic carboxylic acids is 1. The van der Waals surface area contributed by atoms with E-state index in [1.54, 1.807) is 36.4 Å². The molecule has 3 aromatic rings. The highest BCUT2D eigenvalue weighted by Crippen LogP contribution is 2.36. The van der Waals surface area contributed by atoms with Gasteiger partial charge in [-0.25, -0.2) is 13.6 Å². The highest BCUT2D eigenvalue weighted by molar-refractivity contribution is 8.26. The summed E-state index contributed by atoms with van der Waals surface area (Å²) in [6.45, 7) is 4.03. The maximum Gasteiger partial charge on any atom is 0.335 e. The van der Waals surface area contributed by atoms with Gasteiger partial charge in [-0.3, -0.25) is 14.6 Å². The van der Waals surface area contributed by atoms with Gasteiger partial charge in [-0.15, -0.1) is 0 Å². The number of thioether (sulfide) groups is 1. The zero-order valence-electron chi connectivity index (χ0n) is 23.3. The summed E-state index contributed by atoms with van der Waals surface area (Å²) in [5.41, 5.74) is 1.97. The number of rotatable bonds is 12. The van der Waals surface area contributed by atoms with E-state index >= 15 is 0 Å². The number of carbonyl (C=O) groups excluding carboxylic acids is 1. The second-order valence-corrected chi connectivity index (χ2v) is 11.8. The zero-order valence-corrected chi connectivity index (χ0v) is 24.9. The van der Waals surface area contributed by atoms with E-state index in [9.17, 15) is 18.4 Å². The van der Waals surface area contributed by atoms with E-state index in [0.717, 1.165) is 31.8 Å². The van der Waals surface area contributed by atoms with Gasteiger partial charge < -0.3 is 14.6 Å². The monoisotopic (exact) mass is 624 g/mol. The van der Waals surface area contributed by atoms with Gasteiger partial charge in [-0.2, -0.15) is 0 Å². The van der Waals surface area contributed by atoms with Crippen LogP contribution in [0.5, 0.6) is 11.5 Å². The fraction of sp³-hybridized carbons (Fsp3) is 0.281. The first-order valence-corrected chi connectivity index (χ1v) is 15.2. The number of nitrogens with zero attached hydrogens (tertiary/aromatic N) is 2. The Balaban J connectivity index is 1.28. The Hall–Kier alpha value is -3.80. The third-order valence-electron chi connectivity index (χ3n) is 7.18. The molecule has 7 nitrogen and oxygen atoms in total. The van der Waals surface area contributed by atoms with Crippen LogP contribution in [0.1, 0.15) is 35.2 Å². The largest absolute Gasteiger partial charge is 0.494 e. The van der Waals surface area contributed by atoms with Crippen LogP contribution in [-0.4, -0.2) is 70.5 Å². The lowest BCUT2D eigenvalue weighted by Crippen LogP contribution is -2.29. The number of benzene rings is 3. The third-order valence-corrected chi connectivity index (χ3v) is 8.56. The van der Waals surface area contributed by atoms with Crippen LogP contribution in [-0.2, 0) is 4.79 Å². The van der Waals surface area contributed by atoms with Gasteiger partial charge >= 0.3 is 5.97 Å². The number of carboxylic acid groups (broad SMARTS) is 1. The SMILES string of the molecule is O=C(O)c1ccc(OCCCN2C(=O)C(=Cc3cc(-c4ccc(F)c(F)c4)ccc3OCCN3CCCC3)SC2=S)cc1. The van der Waals surface area contributed by atoms with E-state index in [1.165, 1.54) is 47.7 Å². The lowest BCUT2D eigenvalue weighted by molar-refractivity contribution is -0.122. The Morgan fingerprint density at radius 2 is 1.65 bits per heavy atom. The van der Waals surface area contributed by atoms with Gasteiger partial charge in [-0.05, 0) is 98.1 Å². The number of carbonyl (C=O) groups is 2. The average molecular weight is 625 g/mol. The number of hydrogen-bond donors (Lipinski definition) is 1. The topological polar surface area (TPSA) is 79.3 Å². The number of thiocarbonyl (C=S) groups is 1. The molecular formula is C32H30F2N2O5S2. The van der Waals surface area contributed by atoms with Crippen LogP contribution in [0.2, 0.25) is 0 Å². The van der Waals surface area contributed by atoms with E-state index in [1.807, 2.05) is 0 Å². The quantitative estimate of drug-likeness (QED) is 0.140. The summed E-state index contributed by atoms with van der Waals surface area (Å²) < 4.78 is 39.8. The summed E-state index contributed by atoms with van der Waals surface area (Å²) in [4.78, 5) is 28.6. The van der Waals surface area contributed by atoms with Crippen molar-refractivity contribution in [3.05, 3.63) is 88.3 Å². The molecular weight excluding hydrogens is 594 g/mol. The van der Waals surface area contributed by atoms with Crippen LogP contribution in [0.25, 0.3) is 17.2 Å². The molecule has 224 valence electrons. The molecule has 2 aliphatic rings. The number of hydrogen-bond acceptors (Lipinski definition) is 7. The van der Waals surface area contributed by atoms with E-state index in [4.69, 9.17) is 26.8 Å². The smallest absolute Gasteiger partial charge is 0.335 e. The maximum atomic E-state index is 14.0. The van der Waals surface area contributed by atoms with E-state index < -0.39 is 17.6 Å². The van der Waals surface area contributed by atoms with Crippen molar-refractivity contribution in [2.75, 3.05) is 39.4 Å². The number of likely N-dealkylation sites (tertiary alicyclic amines) is 1. The van der Waals surface area contributed by atoms with Crippen LogP contribution < -0.4 is 9.47 Å². The molecule has 43 heavy (non-hydrogen) atoms. The van der Waals surface area contributed by atoms with Gasteiger partial charge in [-0.1, -0.05) is 36.1 Å². The first-order valence-electron chi connectivity index (χ1n) is 13.9. The molecule has 0 saturated carbocycles. The molecule has 11 heteroatoms. The van der Waals surface area contributed by atoms with Crippen molar-refractivity contribution < 1.29 is 33.0 Å². The lowest BCUT2D eigenvalue weighted by Gasteiger charge is -2.17. The second-order valence-electron chi connectivity index (χ2n) is 10.1. The summed E-state index contributed by atoms with van der Waals surface area (Å²) in [7, 11) is 0. The molecule has 0 aliphatic carbocycles. The van der Waals surface area contributed by atoms with Crippen molar-refractivity contribution in [1.82, 2.24) is 9.80 Å². The Bertz CT molecular complexity index is 1540. The maximum absolute atomic E-state index is 14.0. The van der Waals surface area contributed by atoms with Crippen LogP contribution in [0, 0.1) is 11.6 Å². The average Bonchev–Trinajstić information content (AvgIpc) is 3.61. The molecule has 0 spiro atoms. The van der Waals surface area contributed by atoms with Crippen molar-refractivity contribution >= 4 is 46.3 Å². The lowest BCUT2D eigenvalue weighted by atomic mass is 10.0. The molecule has 2 saturated heterocycles. The summed E-state index contributed by atoms with van der Waals surface area (Å²) >= 11 is 6.70. The highest BCUT2D eigenvalue weighted by atomic mass is 32.2. The van der Waals surface area contributed by atoms with Crippen molar-refractivity contribution in [2.24, 2.45) is 0 Å². The Kier molecular flexibility index (Phi) is 10.1. The Morgan fingerprint density at radius 3 is 2.37 bits per heavy atom. The number of ether oxygens (including phenoxy) is 2. The van der Waals surface area contributed by atoms with Gasteiger partial charge in [0.25, 0.3) is 5.91 Å². The van der Waals surface area contributed by atoms with Gasteiger partial charge in [0.15, 0.2) is 11.6 Å². The second kappa shape index (κ2) is 14.1. The molecule has 0 atom stereocenters. The number of amides is 1. The molecule has 2 heterocycles. The molecule has 0 unspecified atom stereocenters. The minimum Gasteiger partial charge on any atom is -0.494 e. The fourth-order valence-electron chi connectivity index (χ4n) is 4.88. The first-order chi connectivity index (χ1) is 20.8. The van der Waals surface area contributed by atoms with Crippen molar-refractivity contribution in [1.29, 1.82) is 0 Å². The van der Waals surface area contributed by atoms with Gasteiger partial charge in [0.2, 0.25) is 0 Å². The molecule has 1 N–H and O–H groups in total. The fourth-order valence-corrected chi connectivity index (χ4v) is 6.18. The number of halogens is 2. The standard InChI is InChI=1S/C32H30F2N2O5S2/c33-26-10-6-23(19-27(26)34)22-7-11-28(41-17-15-35-12-1-2-13-35)24(18-22)20-29-30(37)36(32(42)43-29)14-3-16-40-25-8-4-21(5-9-25)31(38)39/h4-11,18-20H,1-3,12-17H2,(H,38,39). The van der Waals surface area contributed by atoms with Crippen LogP contribution in [0.4, 0.5) is 8.78 Å². The first kappa shape index (κ1) is 30.7. The third kappa shape index (κ3) is 7.78. The minimum atomic E-state index is -1.01. The van der Waals surface area contributed by atoms with Crippen LogP contribution in [0.3, 0.4) is 0 Å². The highest BCUT2D eigenvalue weighted by Gasteiger charge is 2.32. The molecule has 0 aromatic heterocycles. The van der Waals surface area contributed by atoms with Crippen LogP contribution >= 0.6 is 24.0 Å². The van der Waals surface area contributed by atoms with E-state index in [0.29, 0.717) is 63.6 Å². The van der Waals surface area contributed by atoms with Crippen molar-refractivity contribution in [3.63, 3.8) is 0 Å². The minimum absolute atomic E-state index is 0.173. The van der Waals surface area contributed by atoms with Crippen molar-refractivity contribution in [2.45, 2.75) is 19.3 Å². The number of carboxylic acids is 1. The molecule has 5 rings (SSSR count). The predicted molar refractivity (Wildman–Crippen MR) is 166 cm³/mol. The summed E-state index contributed by atoms with van der Waals surface area (Å²) in [6, 6.07) is 15.2. The Morgan fingerprint density at radius 1 is 0.930 bits per heavy atom. The Labute approximate surface area is 258 Å². The molecule has 1 amide bonds. The summed E-state index contributed by atoms with van der Waals surface area (Å²) in [5, 5.41) is 9.02. The van der Waals surface area contributed by atoms with Gasteiger partial charge in [0, 0.05) is 18.7 Å². The zero-order chi connectivity index (χ0) is 30.3. The van der Waals surface area contributed by atoms with Gasteiger partial charge in [0.05, 0.1) is 17.1 Å². The normalized spacial score (nSPS) is 16.3. The molecule has 2 aliphatic heterocycles. The molecule has 2 fully saturated rings. The van der Waals surface area contributed by atoms with Gasteiger partial charge in [0.1, 0.15) is 22.4 Å². The predicted octanol–water partition coefficient (Wildman–Crippen LogP) is 6.47. The molecule has 3 aromatic carbocycles. The summed E-state index contributed by atoms with van der Waals surface area (Å²) in [5.74, 6) is -1.98. The molecule has 0 radical (unpaired) electrons. The van der Waals surface area contributed by atoms with Crippen LogP contribution in [0.15, 0.2) is 65.6 Å².